The number of nitrogens with zero attached hydrogens (tertiary/aromatic N) is 2. The quantitative estimate of drug-likeness (QED) is 0.260. The number of aromatic nitrogens is 1. The van der Waals surface area contributed by atoms with Crippen molar-refractivity contribution in [1.82, 2.24) is 4.57 Å². The number of anilines is 1. The number of benzene rings is 1. The molecule has 2 heterocycles. The molecule has 1 aliphatic carbocycles. The van der Waals surface area contributed by atoms with Gasteiger partial charge in [0.1, 0.15) is 16.6 Å². The summed E-state index contributed by atoms with van der Waals surface area (Å²) in [4.78, 5) is 27.0. The Bertz CT molecular complexity index is 1350. The van der Waals surface area contributed by atoms with Crippen molar-refractivity contribution in [3.8, 4) is 11.1 Å². The normalized spacial score (nSPS) is 13.2. The van der Waals surface area contributed by atoms with Crippen molar-refractivity contribution in [2.75, 3.05) is 11.9 Å². The highest BCUT2D eigenvalue weighted by molar-refractivity contribution is 7.15. The molecule has 0 aliphatic heterocycles. The fraction of sp³-hybridized carbons (Fsp3) is 0.321. The summed E-state index contributed by atoms with van der Waals surface area (Å²) >= 11 is 1.64. The van der Waals surface area contributed by atoms with Crippen LogP contribution in [0.15, 0.2) is 35.9 Å². The highest BCUT2D eigenvalue weighted by Gasteiger charge is 2.28. The maximum Gasteiger partial charge on any atom is 0.341 e. The Labute approximate surface area is 209 Å². The summed E-state index contributed by atoms with van der Waals surface area (Å²) in [5, 5.41) is 13.3. The molecular formula is C28H29N3O3S. The molecule has 180 valence electrons. The van der Waals surface area contributed by atoms with E-state index in [-0.39, 0.29) is 11.5 Å². The van der Waals surface area contributed by atoms with Gasteiger partial charge in [-0.3, -0.25) is 4.79 Å². The largest absolute Gasteiger partial charge is 0.462 e. The molecule has 0 unspecified atom stereocenters. The molecule has 4 rings (SSSR count). The Hall–Kier alpha value is -3.63. The lowest BCUT2D eigenvalue weighted by molar-refractivity contribution is -0.112. The first-order chi connectivity index (χ1) is 16.8. The number of rotatable bonds is 6. The van der Waals surface area contributed by atoms with E-state index < -0.39 is 5.91 Å². The Morgan fingerprint density at radius 2 is 1.89 bits per heavy atom. The van der Waals surface area contributed by atoms with Gasteiger partial charge in [-0.15, -0.1) is 11.3 Å². The van der Waals surface area contributed by atoms with E-state index in [0.717, 1.165) is 58.8 Å². The third-order valence-electron chi connectivity index (χ3n) is 6.28. The van der Waals surface area contributed by atoms with Gasteiger partial charge in [0.25, 0.3) is 5.91 Å². The highest BCUT2D eigenvalue weighted by atomic mass is 32.1. The van der Waals surface area contributed by atoms with E-state index in [2.05, 4.69) is 5.32 Å². The van der Waals surface area contributed by atoms with Gasteiger partial charge in [0.15, 0.2) is 0 Å². The fourth-order valence-electron chi connectivity index (χ4n) is 4.51. The smallest absolute Gasteiger partial charge is 0.341 e. The van der Waals surface area contributed by atoms with Crippen molar-refractivity contribution in [2.45, 2.75) is 53.4 Å². The van der Waals surface area contributed by atoms with Crippen LogP contribution in [0.5, 0.6) is 0 Å². The van der Waals surface area contributed by atoms with E-state index in [1.165, 1.54) is 4.88 Å². The van der Waals surface area contributed by atoms with Gasteiger partial charge in [-0.05, 0) is 88.8 Å². The maximum absolute atomic E-state index is 13.0. The second-order valence-corrected chi connectivity index (χ2v) is 9.85. The van der Waals surface area contributed by atoms with Crippen molar-refractivity contribution in [1.29, 1.82) is 5.26 Å². The molecule has 6 nitrogen and oxygen atoms in total. The standard InChI is InChI=1S/C28H29N3O3S/c1-5-34-28(33)25-23-8-6-7-9-24(23)35-27(25)31-18(3)14-20(19(31)4)15-21(16-29)26(32)30-22-12-10-17(2)11-13-22/h10-15H,5-9H2,1-4H3,(H,30,32)/b21-15-. The van der Waals surface area contributed by atoms with Crippen LogP contribution in [0, 0.1) is 32.1 Å². The first kappa shape index (κ1) is 24.5. The minimum atomic E-state index is -0.458. The number of fused-ring (bicyclic) bond motifs is 1. The van der Waals surface area contributed by atoms with Crippen molar-refractivity contribution in [3.63, 3.8) is 0 Å². The molecule has 0 fully saturated rings. The molecule has 1 N–H and O–H groups in total. The van der Waals surface area contributed by atoms with Crippen LogP contribution in [0.25, 0.3) is 11.1 Å². The third kappa shape index (κ3) is 4.94. The molecule has 1 amide bonds. The molecule has 0 spiro atoms. The summed E-state index contributed by atoms with van der Waals surface area (Å²) in [6.07, 6.45) is 5.64. The first-order valence-electron chi connectivity index (χ1n) is 11.8. The lowest BCUT2D eigenvalue weighted by atomic mass is 9.95. The molecule has 0 saturated heterocycles. The Kier molecular flexibility index (Phi) is 7.23. The molecular weight excluding hydrogens is 458 g/mol. The third-order valence-corrected chi connectivity index (χ3v) is 7.56. The SMILES string of the molecule is CCOC(=O)c1c(-n2c(C)cc(/C=C(/C#N)C(=O)Nc3ccc(C)cc3)c2C)sc2c1CCCC2. The summed E-state index contributed by atoms with van der Waals surface area (Å²) in [5.74, 6) is -0.748. The lowest BCUT2D eigenvalue weighted by Crippen LogP contribution is -2.13. The van der Waals surface area contributed by atoms with E-state index in [1.807, 2.05) is 68.7 Å². The minimum absolute atomic E-state index is 0.0157. The predicted molar refractivity (Wildman–Crippen MR) is 139 cm³/mol. The number of amides is 1. The molecule has 35 heavy (non-hydrogen) atoms. The minimum Gasteiger partial charge on any atom is -0.462 e. The number of esters is 1. The Balaban J connectivity index is 1.73. The fourth-order valence-corrected chi connectivity index (χ4v) is 6.00. The number of carbonyl (C=O) groups is 2. The molecule has 1 aromatic carbocycles. The van der Waals surface area contributed by atoms with Gasteiger partial charge < -0.3 is 14.6 Å². The van der Waals surface area contributed by atoms with Crippen LogP contribution < -0.4 is 5.32 Å². The van der Waals surface area contributed by atoms with Gasteiger partial charge in [-0.2, -0.15) is 5.26 Å². The molecule has 0 bridgehead atoms. The molecule has 7 heteroatoms. The predicted octanol–water partition coefficient (Wildman–Crippen LogP) is 6.07. The summed E-state index contributed by atoms with van der Waals surface area (Å²) in [6.45, 7) is 8.02. The molecule has 0 radical (unpaired) electrons. The van der Waals surface area contributed by atoms with Crippen molar-refractivity contribution >= 4 is 35.0 Å². The van der Waals surface area contributed by atoms with Gasteiger partial charge >= 0.3 is 5.97 Å². The van der Waals surface area contributed by atoms with Crippen LogP contribution in [0.3, 0.4) is 0 Å². The van der Waals surface area contributed by atoms with E-state index in [9.17, 15) is 14.9 Å². The van der Waals surface area contributed by atoms with Gasteiger partial charge in [-0.1, -0.05) is 17.7 Å². The number of nitrogens with one attached hydrogen (secondary N) is 1. The van der Waals surface area contributed by atoms with E-state index in [0.29, 0.717) is 17.9 Å². The summed E-state index contributed by atoms with van der Waals surface area (Å²) in [6, 6.07) is 11.4. The number of carbonyl (C=O) groups excluding carboxylic acids is 2. The number of hydrogen-bond acceptors (Lipinski definition) is 5. The zero-order chi connectivity index (χ0) is 25.1. The van der Waals surface area contributed by atoms with Crippen molar-refractivity contribution in [2.24, 2.45) is 0 Å². The van der Waals surface area contributed by atoms with Crippen molar-refractivity contribution < 1.29 is 14.3 Å². The van der Waals surface area contributed by atoms with Crippen LogP contribution in [0.4, 0.5) is 5.69 Å². The molecule has 0 saturated carbocycles. The highest BCUT2D eigenvalue weighted by Crippen LogP contribution is 2.39. The number of hydrogen-bond donors (Lipinski definition) is 1. The van der Waals surface area contributed by atoms with Crippen LogP contribution >= 0.6 is 11.3 Å². The monoisotopic (exact) mass is 487 g/mol. The van der Waals surface area contributed by atoms with Gasteiger partial charge in [0.2, 0.25) is 0 Å². The molecule has 2 aromatic heterocycles. The summed E-state index contributed by atoms with van der Waals surface area (Å²) < 4.78 is 7.47. The Morgan fingerprint density at radius 1 is 1.17 bits per heavy atom. The van der Waals surface area contributed by atoms with Gasteiger partial charge in [0.05, 0.1) is 12.2 Å². The second-order valence-electron chi connectivity index (χ2n) is 8.76. The molecule has 1 aliphatic rings. The summed E-state index contributed by atoms with van der Waals surface area (Å²) in [5.41, 5.74) is 6.05. The van der Waals surface area contributed by atoms with Gasteiger partial charge in [0, 0.05) is 22.0 Å². The van der Waals surface area contributed by atoms with Crippen LogP contribution in [-0.4, -0.2) is 23.1 Å². The number of thiophene rings is 1. The number of ether oxygens (including phenoxy) is 1. The van der Waals surface area contributed by atoms with Crippen LogP contribution in [-0.2, 0) is 22.4 Å². The summed E-state index contributed by atoms with van der Waals surface area (Å²) in [7, 11) is 0. The second kappa shape index (κ2) is 10.3. The number of aryl methyl sites for hydroxylation is 3. The van der Waals surface area contributed by atoms with Crippen LogP contribution in [0.1, 0.15) is 63.1 Å². The topological polar surface area (TPSA) is 84.1 Å². The number of nitriles is 1. The van der Waals surface area contributed by atoms with E-state index >= 15 is 0 Å². The van der Waals surface area contributed by atoms with E-state index in [4.69, 9.17) is 4.74 Å². The average molecular weight is 488 g/mol. The first-order valence-corrected chi connectivity index (χ1v) is 12.7. The molecule has 3 aromatic rings. The Morgan fingerprint density at radius 3 is 2.57 bits per heavy atom. The van der Waals surface area contributed by atoms with E-state index in [1.54, 1.807) is 17.4 Å². The van der Waals surface area contributed by atoms with Crippen LogP contribution in [0.2, 0.25) is 0 Å². The molecule has 0 atom stereocenters. The van der Waals surface area contributed by atoms with Gasteiger partial charge in [-0.25, -0.2) is 4.79 Å². The zero-order valence-corrected chi connectivity index (χ0v) is 21.3. The lowest BCUT2D eigenvalue weighted by Gasteiger charge is -2.13. The average Bonchev–Trinajstić information content (AvgIpc) is 3.35. The maximum atomic E-state index is 13.0. The van der Waals surface area contributed by atoms with Crippen molar-refractivity contribution in [3.05, 3.63) is 74.4 Å². The zero-order valence-electron chi connectivity index (χ0n) is 20.5.